The second-order valence-electron chi connectivity index (χ2n) is 4.33. The molecule has 0 saturated heterocycles. The van der Waals surface area contributed by atoms with E-state index in [0.717, 1.165) is 18.6 Å². The van der Waals surface area contributed by atoms with Crippen molar-refractivity contribution >= 4 is 0 Å². The van der Waals surface area contributed by atoms with Crippen molar-refractivity contribution in [3.05, 3.63) is 55.3 Å². The molecule has 1 aromatic carbocycles. The first-order valence-electron chi connectivity index (χ1n) is 6.32. The van der Waals surface area contributed by atoms with Crippen molar-refractivity contribution in [1.82, 2.24) is 0 Å². The van der Waals surface area contributed by atoms with Crippen LogP contribution in [0.15, 0.2) is 47.1 Å². The number of hydrogen-bond acceptors (Lipinski definition) is 1. The van der Waals surface area contributed by atoms with Gasteiger partial charge in [-0.25, -0.2) is 0 Å². The lowest BCUT2D eigenvalue weighted by Crippen LogP contribution is -1.82. The highest BCUT2D eigenvalue weighted by Crippen LogP contribution is 2.22. The van der Waals surface area contributed by atoms with Crippen LogP contribution in [0.25, 0.3) is 11.1 Å². The molecule has 0 saturated carbocycles. The second kappa shape index (κ2) is 6.29. The fourth-order valence-electron chi connectivity index (χ4n) is 1.95. The van der Waals surface area contributed by atoms with E-state index in [0.29, 0.717) is 0 Å². The molecule has 0 N–H and O–H groups in total. The standard InChI is InChI=1S/C16H19O/c1-2-3-4-8-11-16-12-15(13-17-16)14-9-6-5-7-10-14/h5-7,9-10,12-13H,1-4,8,11H2. The Morgan fingerprint density at radius 1 is 0.941 bits per heavy atom. The Hall–Kier alpha value is -1.50. The van der Waals surface area contributed by atoms with Crippen LogP contribution in [0.5, 0.6) is 0 Å². The third kappa shape index (κ3) is 3.48. The first-order valence-corrected chi connectivity index (χ1v) is 6.32. The van der Waals surface area contributed by atoms with Crippen molar-refractivity contribution in [3.8, 4) is 11.1 Å². The number of rotatable bonds is 6. The van der Waals surface area contributed by atoms with Crippen LogP contribution >= 0.6 is 0 Å². The molecule has 0 fully saturated rings. The zero-order chi connectivity index (χ0) is 11.9. The number of furan rings is 1. The maximum Gasteiger partial charge on any atom is 0.104 e. The minimum absolute atomic E-state index is 1.03. The summed E-state index contributed by atoms with van der Waals surface area (Å²) in [5, 5.41) is 0. The zero-order valence-electron chi connectivity index (χ0n) is 10.2. The maximum atomic E-state index is 5.58. The summed E-state index contributed by atoms with van der Waals surface area (Å²) in [7, 11) is 0. The summed E-state index contributed by atoms with van der Waals surface area (Å²) in [5.74, 6) is 1.09. The van der Waals surface area contributed by atoms with Crippen molar-refractivity contribution in [2.75, 3.05) is 0 Å². The molecular formula is C16H19O. The molecule has 1 nitrogen and oxygen atoms in total. The van der Waals surface area contributed by atoms with Gasteiger partial charge in [-0.3, -0.25) is 0 Å². The Morgan fingerprint density at radius 2 is 1.76 bits per heavy atom. The van der Waals surface area contributed by atoms with E-state index in [2.05, 4.69) is 37.3 Å². The average molecular weight is 227 g/mol. The topological polar surface area (TPSA) is 13.1 Å². The van der Waals surface area contributed by atoms with Gasteiger partial charge in [-0.05, 0) is 18.1 Å². The van der Waals surface area contributed by atoms with E-state index in [-0.39, 0.29) is 0 Å². The Labute approximate surface area is 103 Å². The van der Waals surface area contributed by atoms with Crippen molar-refractivity contribution in [2.24, 2.45) is 0 Å². The molecule has 0 aliphatic rings. The fourth-order valence-corrected chi connectivity index (χ4v) is 1.95. The summed E-state index contributed by atoms with van der Waals surface area (Å²) in [6, 6.07) is 12.5. The van der Waals surface area contributed by atoms with E-state index >= 15 is 0 Å². The van der Waals surface area contributed by atoms with Crippen LogP contribution < -0.4 is 0 Å². The third-order valence-corrected chi connectivity index (χ3v) is 2.93. The number of hydrogen-bond donors (Lipinski definition) is 0. The summed E-state index contributed by atoms with van der Waals surface area (Å²) < 4.78 is 5.58. The molecule has 1 heterocycles. The maximum absolute atomic E-state index is 5.58. The molecule has 0 aliphatic heterocycles. The lowest BCUT2D eigenvalue weighted by molar-refractivity contribution is 0.496. The first-order chi connectivity index (χ1) is 8.40. The van der Waals surface area contributed by atoms with Gasteiger partial charge in [0.2, 0.25) is 0 Å². The molecular weight excluding hydrogens is 208 g/mol. The highest BCUT2D eigenvalue weighted by molar-refractivity contribution is 5.62. The summed E-state index contributed by atoms with van der Waals surface area (Å²) in [6.45, 7) is 3.85. The largest absolute Gasteiger partial charge is 0.469 e. The van der Waals surface area contributed by atoms with E-state index in [1.54, 1.807) is 0 Å². The molecule has 2 aromatic rings. The molecule has 1 heteroatoms. The summed E-state index contributed by atoms with van der Waals surface area (Å²) in [6.07, 6.45) is 7.57. The third-order valence-electron chi connectivity index (χ3n) is 2.93. The number of aryl methyl sites for hydroxylation is 1. The van der Waals surface area contributed by atoms with Crippen LogP contribution in [0.3, 0.4) is 0 Å². The monoisotopic (exact) mass is 227 g/mol. The molecule has 0 spiro atoms. The van der Waals surface area contributed by atoms with Crippen LogP contribution in [0.1, 0.15) is 31.4 Å². The van der Waals surface area contributed by atoms with E-state index in [1.807, 2.05) is 12.3 Å². The molecule has 89 valence electrons. The average Bonchev–Trinajstić information content (AvgIpc) is 2.85. The van der Waals surface area contributed by atoms with Gasteiger partial charge < -0.3 is 4.42 Å². The van der Waals surface area contributed by atoms with Crippen molar-refractivity contribution in [1.29, 1.82) is 0 Å². The van der Waals surface area contributed by atoms with Gasteiger partial charge >= 0.3 is 0 Å². The Bertz CT molecular complexity index is 428. The summed E-state index contributed by atoms with van der Waals surface area (Å²) in [4.78, 5) is 0. The van der Waals surface area contributed by atoms with Gasteiger partial charge in [-0.1, -0.05) is 56.5 Å². The highest BCUT2D eigenvalue weighted by atomic mass is 16.3. The van der Waals surface area contributed by atoms with E-state index < -0.39 is 0 Å². The van der Waals surface area contributed by atoms with E-state index in [1.165, 1.54) is 30.4 Å². The van der Waals surface area contributed by atoms with E-state index in [9.17, 15) is 0 Å². The molecule has 0 aliphatic carbocycles. The Kier molecular flexibility index (Phi) is 4.43. The normalized spacial score (nSPS) is 10.6. The van der Waals surface area contributed by atoms with Gasteiger partial charge in [0.1, 0.15) is 5.76 Å². The van der Waals surface area contributed by atoms with Crippen LogP contribution in [0.4, 0.5) is 0 Å². The van der Waals surface area contributed by atoms with Crippen molar-refractivity contribution < 1.29 is 4.42 Å². The Balaban J connectivity index is 1.92. The molecule has 1 aromatic heterocycles. The van der Waals surface area contributed by atoms with Crippen molar-refractivity contribution in [3.63, 3.8) is 0 Å². The van der Waals surface area contributed by atoms with Gasteiger partial charge in [-0.15, -0.1) is 0 Å². The fraction of sp³-hybridized carbons (Fsp3) is 0.312. The molecule has 0 bridgehead atoms. The van der Waals surface area contributed by atoms with Gasteiger partial charge in [0, 0.05) is 12.0 Å². The molecule has 0 unspecified atom stereocenters. The SMILES string of the molecule is [CH2]CCCCCc1cc(-c2ccccc2)co1. The quantitative estimate of drug-likeness (QED) is 0.641. The number of unbranched alkanes of at least 4 members (excludes halogenated alkanes) is 3. The van der Waals surface area contributed by atoms with Crippen LogP contribution in [0, 0.1) is 6.92 Å². The lowest BCUT2D eigenvalue weighted by atomic mass is 10.1. The van der Waals surface area contributed by atoms with Gasteiger partial charge in [0.15, 0.2) is 0 Å². The smallest absolute Gasteiger partial charge is 0.104 e. The first kappa shape index (κ1) is 12.0. The Morgan fingerprint density at radius 3 is 2.53 bits per heavy atom. The van der Waals surface area contributed by atoms with Crippen LogP contribution in [-0.4, -0.2) is 0 Å². The van der Waals surface area contributed by atoms with E-state index in [4.69, 9.17) is 4.42 Å². The van der Waals surface area contributed by atoms with Gasteiger partial charge in [0.25, 0.3) is 0 Å². The number of benzene rings is 1. The molecule has 1 radical (unpaired) electrons. The minimum Gasteiger partial charge on any atom is -0.469 e. The minimum atomic E-state index is 1.03. The summed E-state index contributed by atoms with van der Waals surface area (Å²) >= 11 is 0. The predicted molar refractivity (Wildman–Crippen MR) is 71.7 cm³/mol. The van der Waals surface area contributed by atoms with Gasteiger partial charge in [0.05, 0.1) is 6.26 Å². The zero-order valence-corrected chi connectivity index (χ0v) is 10.2. The van der Waals surface area contributed by atoms with Crippen molar-refractivity contribution in [2.45, 2.75) is 32.1 Å². The second-order valence-corrected chi connectivity index (χ2v) is 4.33. The molecule has 0 atom stereocenters. The molecule has 0 amide bonds. The highest BCUT2D eigenvalue weighted by Gasteiger charge is 2.03. The lowest BCUT2D eigenvalue weighted by Gasteiger charge is -1.96. The molecule has 2 rings (SSSR count). The predicted octanol–water partition coefficient (Wildman–Crippen LogP) is 4.88. The van der Waals surface area contributed by atoms with Gasteiger partial charge in [-0.2, -0.15) is 0 Å². The summed E-state index contributed by atoms with van der Waals surface area (Å²) in [5.41, 5.74) is 2.40. The van der Waals surface area contributed by atoms with Crippen LogP contribution in [-0.2, 0) is 6.42 Å². The van der Waals surface area contributed by atoms with Crippen LogP contribution in [0.2, 0.25) is 0 Å². The molecule has 17 heavy (non-hydrogen) atoms.